The Balaban J connectivity index is 2.77. The molecule has 0 bridgehead atoms. The van der Waals surface area contributed by atoms with Gasteiger partial charge in [-0.1, -0.05) is 17.7 Å². The molecule has 0 fully saturated rings. The van der Waals surface area contributed by atoms with Gasteiger partial charge in [0.1, 0.15) is 0 Å². The second-order valence-corrected chi connectivity index (χ2v) is 2.54. The molecule has 0 aliphatic carbocycles. The summed E-state index contributed by atoms with van der Waals surface area (Å²) in [6.45, 7) is 0. The fourth-order valence-corrected chi connectivity index (χ4v) is 1.28. The van der Waals surface area contributed by atoms with Gasteiger partial charge in [-0.2, -0.15) is 0 Å². The normalized spacial score (nSPS) is 10.6. The molecular weight excluding hydrogens is 140 g/mol. The van der Waals surface area contributed by atoms with E-state index < -0.39 is 0 Å². The van der Waals surface area contributed by atoms with E-state index in [9.17, 15) is 0 Å². The van der Waals surface area contributed by atoms with E-state index in [2.05, 4.69) is 0 Å². The Morgan fingerprint density at radius 2 is 2.50 bits per heavy atom. The summed E-state index contributed by atoms with van der Waals surface area (Å²) in [6, 6.07) is 4.01. The molecule has 0 aromatic carbocycles. The molecule has 0 amide bonds. The first kappa shape index (κ1) is 5.86. The Morgan fingerprint density at radius 1 is 1.62 bits per heavy atom. The number of hydrogen-bond donors (Lipinski definition) is 0. The zero-order valence-corrected chi connectivity index (χ0v) is 5.75. The van der Waals surface area contributed by atoms with Gasteiger partial charge >= 0.3 is 0 Å². The summed E-state index contributed by atoms with van der Waals surface area (Å²) in [7, 11) is 0. The predicted octanol–water partition coefficient (Wildman–Crippen LogP) is 2.96. The zero-order valence-electron chi connectivity index (χ0n) is 4.17. The van der Waals surface area contributed by atoms with Crippen molar-refractivity contribution in [2.24, 2.45) is 0 Å². The van der Waals surface area contributed by atoms with Crippen LogP contribution in [0.1, 0.15) is 4.88 Å². The molecule has 0 atom stereocenters. The van der Waals surface area contributed by atoms with Gasteiger partial charge in [0.25, 0.3) is 0 Å². The molecule has 0 aliphatic heterocycles. The maximum atomic E-state index is 5.32. The second-order valence-electron chi connectivity index (χ2n) is 1.31. The Kier molecular flexibility index (Phi) is 2.12. The molecule has 42 valence electrons. The molecular formula is C6H5ClS. The van der Waals surface area contributed by atoms with Gasteiger partial charge < -0.3 is 0 Å². The highest BCUT2D eigenvalue weighted by Gasteiger charge is 1.80. The summed E-state index contributed by atoms with van der Waals surface area (Å²) in [6.07, 6.45) is 1.87. The molecule has 1 heterocycles. The molecule has 8 heavy (non-hydrogen) atoms. The van der Waals surface area contributed by atoms with E-state index in [0.717, 1.165) is 0 Å². The largest absolute Gasteiger partial charge is 0.144 e. The summed E-state index contributed by atoms with van der Waals surface area (Å²) in [5, 5.41) is 2.02. The van der Waals surface area contributed by atoms with E-state index in [4.69, 9.17) is 11.6 Å². The topological polar surface area (TPSA) is 0 Å². The minimum absolute atomic E-state index is 1.19. The molecule has 2 heteroatoms. The van der Waals surface area contributed by atoms with Crippen LogP contribution in [0.2, 0.25) is 0 Å². The highest BCUT2D eigenvalue weighted by Crippen LogP contribution is 2.10. The van der Waals surface area contributed by atoms with Crippen LogP contribution >= 0.6 is 22.9 Å². The summed E-state index contributed by atoms with van der Waals surface area (Å²) < 4.78 is 0. The number of halogens is 1. The first-order chi connectivity index (χ1) is 3.93. The van der Waals surface area contributed by atoms with Gasteiger partial charge in [-0.15, -0.1) is 11.3 Å². The van der Waals surface area contributed by atoms with Crippen LogP contribution in [0.5, 0.6) is 0 Å². The van der Waals surface area contributed by atoms with Crippen LogP contribution < -0.4 is 0 Å². The molecule has 0 saturated heterocycles. The molecule has 0 aliphatic rings. The lowest BCUT2D eigenvalue weighted by Gasteiger charge is -1.73. The maximum Gasteiger partial charge on any atom is 0.0279 e. The fourth-order valence-electron chi connectivity index (χ4n) is 0.448. The molecule has 1 rings (SSSR count). The zero-order chi connectivity index (χ0) is 5.82. The van der Waals surface area contributed by atoms with Crippen LogP contribution in [0.15, 0.2) is 23.0 Å². The first-order valence-corrected chi connectivity index (χ1v) is 3.55. The van der Waals surface area contributed by atoms with Gasteiger partial charge in [0, 0.05) is 10.4 Å². The van der Waals surface area contributed by atoms with Gasteiger partial charge in [-0.05, 0) is 17.5 Å². The fraction of sp³-hybridized carbons (Fsp3) is 0. The van der Waals surface area contributed by atoms with E-state index in [1.165, 1.54) is 10.4 Å². The van der Waals surface area contributed by atoms with E-state index in [1.807, 2.05) is 23.6 Å². The average Bonchev–Trinajstić information content (AvgIpc) is 2.19. The number of thiophene rings is 1. The maximum absolute atomic E-state index is 5.32. The number of rotatable bonds is 1. The molecule has 0 N–H and O–H groups in total. The molecule has 1 aromatic rings. The van der Waals surface area contributed by atoms with Crippen molar-refractivity contribution in [1.29, 1.82) is 0 Å². The van der Waals surface area contributed by atoms with Gasteiger partial charge in [-0.25, -0.2) is 0 Å². The van der Waals surface area contributed by atoms with Crippen molar-refractivity contribution in [3.63, 3.8) is 0 Å². The number of hydrogen-bond acceptors (Lipinski definition) is 1. The van der Waals surface area contributed by atoms with Crippen LogP contribution in [-0.2, 0) is 0 Å². The Morgan fingerprint density at radius 3 is 3.00 bits per heavy atom. The average molecular weight is 145 g/mol. The van der Waals surface area contributed by atoms with Crippen LogP contribution in [0.25, 0.3) is 6.08 Å². The van der Waals surface area contributed by atoms with E-state index in [-0.39, 0.29) is 0 Å². The third kappa shape index (κ3) is 1.35. The standard InChI is InChI=1S/C6H5ClS/c7-4-3-6-2-1-5-8-6/h1-5H. The SMILES string of the molecule is ClC=Cc1cccs1. The monoisotopic (exact) mass is 144 g/mol. The van der Waals surface area contributed by atoms with Gasteiger partial charge in [0.05, 0.1) is 0 Å². The molecule has 0 spiro atoms. The first-order valence-electron chi connectivity index (χ1n) is 2.24. The molecule has 0 radical (unpaired) electrons. The van der Waals surface area contributed by atoms with Crippen molar-refractivity contribution in [1.82, 2.24) is 0 Å². The molecule has 1 aromatic heterocycles. The van der Waals surface area contributed by atoms with Crippen LogP contribution in [0.3, 0.4) is 0 Å². The van der Waals surface area contributed by atoms with Crippen molar-refractivity contribution in [2.45, 2.75) is 0 Å². The summed E-state index contributed by atoms with van der Waals surface area (Å²) in [5.74, 6) is 0. The third-order valence-corrected chi connectivity index (χ3v) is 1.73. The van der Waals surface area contributed by atoms with E-state index in [0.29, 0.717) is 0 Å². The smallest absolute Gasteiger partial charge is 0.0279 e. The van der Waals surface area contributed by atoms with Crippen LogP contribution in [-0.4, -0.2) is 0 Å². The Labute approximate surface area is 57.4 Å². The summed E-state index contributed by atoms with van der Waals surface area (Å²) in [5.41, 5.74) is 1.52. The minimum Gasteiger partial charge on any atom is -0.144 e. The highest BCUT2D eigenvalue weighted by atomic mass is 35.5. The van der Waals surface area contributed by atoms with Gasteiger partial charge in [0.15, 0.2) is 0 Å². The molecule has 0 unspecified atom stereocenters. The van der Waals surface area contributed by atoms with E-state index >= 15 is 0 Å². The third-order valence-electron chi connectivity index (χ3n) is 0.770. The van der Waals surface area contributed by atoms with E-state index in [1.54, 1.807) is 11.3 Å². The van der Waals surface area contributed by atoms with Crippen LogP contribution in [0.4, 0.5) is 0 Å². The Bertz CT molecular complexity index is 165. The second kappa shape index (κ2) is 2.90. The van der Waals surface area contributed by atoms with Crippen molar-refractivity contribution >= 4 is 29.0 Å². The highest BCUT2D eigenvalue weighted by molar-refractivity contribution is 7.10. The lowest BCUT2D eigenvalue weighted by atomic mass is 10.5. The lowest BCUT2D eigenvalue weighted by Crippen LogP contribution is -1.48. The van der Waals surface area contributed by atoms with Gasteiger partial charge in [0.2, 0.25) is 0 Å². The van der Waals surface area contributed by atoms with Crippen molar-refractivity contribution in [3.05, 3.63) is 27.9 Å². The predicted molar refractivity (Wildman–Crippen MR) is 39.2 cm³/mol. The van der Waals surface area contributed by atoms with Gasteiger partial charge in [-0.3, -0.25) is 0 Å². The Hall–Kier alpha value is -0.270. The van der Waals surface area contributed by atoms with Crippen molar-refractivity contribution < 1.29 is 0 Å². The van der Waals surface area contributed by atoms with Crippen molar-refractivity contribution in [2.75, 3.05) is 0 Å². The van der Waals surface area contributed by atoms with Crippen LogP contribution in [0, 0.1) is 0 Å². The summed E-state index contributed by atoms with van der Waals surface area (Å²) in [4.78, 5) is 1.19. The lowest BCUT2D eigenvalue weighted by molar-refractivity contribution is 1.96. The molecule has 0 saturated carbocycles. The quantitative estimate of drug-likeness (QED) is 0.569. The summed E-state index contributed by atoms with van der Waals surface area (Å²) >= 11 is 7.00. The van der Waals surface area contributed by atoms with Crippen molar-refractivity contribution in [3.8, 4) is 0 Å². The minimum atomic E-state index is 1.19. The molecule has 0 nitrogen and oxygen atoms in total.